The Hall–Kier alpha value is -1.72. The molecule has 0 bridgehead atoms. The Labute approximate surface area is 178 Å². The molecule has 9 nitrogen and oxygen atoms in total. The third-order valence-electron chi connectivity index (χ3n) is 4.28. The highest BCUT2D eigenvalue weighted by Crippen LogP contribution is 2.13. The van der Waals surface area contributed by atoms with E-state index in [1.807, 2.05) is 29.5 Å². The fraction of sp³-hybridized carbons (Fsp3) is 0.722. The summed E-state index contributed by atoms with van der Waals surface area (Å²) in [5, 5.41) is 6.25. The number of halogens is 1. The third-order valence-corrected chi connectivity index (χ3v) is 4.97. The molecule has 0 spiro atoms. The lowest BCUT2D eigenvalue weighted by atomic mass is 10.1. The van der Waals surface area contributed by atoms with Crippen molar-refractivity contribution in [1.82, 2.24) is 15.7 Å². The van der Waals surface area contributed by atoms with Crippen molar-refractivity contribution in [2.24, 2.45) is 0 Å². The van der Waals surface area contributed by atoms with E-state index < -0.39 is 17.8 Å². The van der Waals surface area contributed by atoms with Crippen molar-refractivity contribution in [1.29, 1.82) is 0 Å². The minimum Gasteiger partial charge on any atom is -0.356 e. The zero-order valence-electron chi connectivity index (χ0n) is 16.1. The van der Waals surface area contributed by atoms with Gasteiger partial charge in [0, 0.05) is 38.3 Å². The van der Waals surface area contributed by atoms with Gasteiger partial charge in [0.15, 0.2) is 0 Å². The van der Waals surface area contributed by atoms with Gasteiger partial charge in [0.1, 0.15) is 0 Å². The average molecular weight is 509 g/mol. The number of unbranched alkanes of at least 4 members (excludes halogenated alkanes) is 2. The molecule has 1 heterocycles. The largest absolute Gasteiger partial charge is 0.356 e. The van der Waals surface area contributed by atoms with Crippen LogP contribution in [0.3, 0.4) is 0 Å². The minimum absolute atomic E-state index is 0.00778. The molecule has 0 aromatic heterocycles. The molecule has 1 fully saturated rings. The number of nitrogens with zero attached hydrogens (tertiary/aromatic N) is 1. The summed E-state index contributed by atoms with van der Waals surface area (Å²) in [5.74, 6) is -1.66. The molecule has 0 aliphatic carbocycles. The van der Waals surface area contributed by atoms with E-state index in [2.05, 4.69) is 10.6 Å². The summed E-state index contributed by atoms with van der Waals surface area (Å²) in [6.07, 6.45) is 3.97. The number of carbonyl (C=O) groups excluding carboxylic acids is 5. The van der Waals surface area contributed by atoms with Crippen LogP contribution in [-0.2, 0) is 28.8 Å². The summed E-state index contributed by atoms with van der Waals surface area (Å²) >= 11 is 2.00. The third kappa shape index (κ3) is 9.47. The summed E-state index contributed by atoms with van der Waals surface area (Å²) in [7, 11) is 0. The summed E-state index contributed by atoms with van der Waals surface area (Å²) in [5.41, 5.74) is 0. The maximum Gasteiger partial charge on any atom is 0.333 e. The molecule has 28 heavy (non-hydrogen) atoms. The Balaban J connectivity index is 2.06. The van der Waals surface area contributed by atoms with E-state index in [9.17, 15) is 24.0 Å². The molecule has 0 aromatic rings. The van der Waals surface area contributed by atoms with Crippen molar-refractivity contribution < 1.29 is 28.8 Å². The molecule has 1 aliphatic heterocycles. The molecule has 0 radical (unpaired) electrons. The first-order chi connectivity index (χ1) is 13.4. The fourth-order valence-electron chi connectivity index (χ4n) is 2.64. The van der Waals surface area contributed by atoms with E-state index in [1.165, 1.54) is 0 Å². The number of rotatable bonds is 13. The first kappa shape index (κ1) is 24.3. The van der Waals surface area contributed by atoms with Crippen molar-refractivity contribution in [3.05, 3.63) is 0 Å². The second kappa shape index (κ2) is 13.5. The van der Waals surface area contributed by atoms with E-state index in [4.69, 9.17) is 4.84 Å². The SMILES string of the molecule is CCC(CCC(=O)NCCCCCC(=O)ON1C(=O)CCC1=O)NC(=O)CI. The maximum atomic E-state index is 11.8. The summed E-state index contributed by atoms with van der Waals surface area (Å²) in [6.45, 7) is 2.48. The van der Waals surface area contributed by atoms with Crippen LogP contribution in [0.2, 0.25) is 0 Å². The van der Waals surface area contributed by atoms with Crippen LogP contribution in [0, 0.1) is 0 Å². The maximum absolute atomic E-state index is 11.8. The number of hydrogen-bond donors (Lipinski definition) is 2. The van der Waals surface area contributed by atoms with Crippen LogP contribution >= 0.6 is 22.6 Å². The van der Waals surface area contributed by atoms with Gasteiger partial charge in [-0.25, -0.2) is 4.79 Å². The van der Waals surface area contributed by atoms with Crippen molar-refractivity contribution in [3.63, 3.8) is 0 Å². The molecule has 4 amide bonds. The van der Waals surface area contributed by atoms with Gasteiger partial charge in [-0.1, -0.05) is 35.9 Å². The monoisotopic (exact) mass is 509 g/mol. The predicted molar refractivity (Wildman–Crippen MR) is 109 cm³/mol. The number of nitrogens with one attached hydrogen (secondary N) is 2. The molecule has 0 saturated carbocycles. The molecule has 1 saturated heterocycles. The van der Waals surface area contributed by atoms with Gasteiger partial charge in [-0.3, -0.25) is 19.2 Å². The standard InChI is InChI=1S/C18H28IN3O6/c1-2-13(21-15(24)12-19)7-8-14(23)20-11-5-3-4-6-18(27)28-22-16(25)9-10-17(22)26/h13H,2-12H2,1H3,(H,20,23)(H,21,24). The molecule has 2 N–H and O–H groups in total. The van der Waals surface area contributed by atoms with Gasteiger partial charge in [-0.15, -0.1) is 5.06 Å². The van der Waals surface area contributed by atoms with Gasteiger partial charge >= 0.3 is 5.97 Å². The lowest BCUT2D eigenvalue weighted by Crippen LogP contribution is -2.36. The van der Waals surface area contributed by atoms with Gasteiger partial charge in [-0.2, -0.15) is 0 Å². The number of imide groups is 1. The van der Waals surface area contributed by atoms with Crippen molar-refractivity contribution in [2.45, 2.75) is 70.8 Å². The Kier molecular flexibility index (Phi) is 11.7. The predicted octanol–water partition coefficient (Wildman–Crippen LogP) is 1.38. The zero-order valence-corrected chi connectivity index (χ0v) is 18.3. The molecular formula is C18H28IN3O6. The minimum atomic E-state index is -0.605. The average Bonchev–Trinajstić information content (AvgIpc) is 2.99. The molecule has 0 aromatic carbocycles. The Morgan fingerprint density at radius 1 is 1.07 bits per heavy atom. The van der Waals surface area contributed by atoms with Crippen molar-refractivity contribution in [2.75, 3.05) is 11.0 Å². The number of carbonyl (C=O) groups is 5. The molecule has 1 atom stereocenters. The van der Waals surface area contributed by atoms with Crippen molar-refractivity contribution >= 4 is 52.2 Å². The van der Waals surface area contributed by atoms with Crippen LogP contribution < -0.4 is 10.6 Å². The van der Waals surface area contributed by atoms with Crippen LogP contribution in [0.4, 0.5) is 0 Å². The summed E-state index contributed by atoms with van der Waals surface area (Å²) in [6, 6.07) is 0.00778. The number of hydrogen-bond acceptors (Lipinski definition) is 6. The van der Waals surface area contributed by atoms with E-state index in [1.54, 1.807) is 0 Å². The van der Waals surface area contributed by atoms with E-state index in [0.717, 1.165) is 6.42 Å². The Morgan fingerprint density at radius 2 is 1.75 bits per heavy atom. The highest BCUT2D eigenvalue weighted by atomic mass is 127. The van der Waals surface area contributed by atoms with Crippen LogP contribution in [0.15, 0.2) is 0 Å². The summed E-state index contributed by atoms with van der Waals surface area (Å²) < 4.78 is 0.401. The number of hydroxylamine groups is 2. The molecule has 10 heteroatoms. The first-order valence-electron chi connectivity index (χ1n) is 9.56. The van der Waals surface area contributed by atoms with Crippen LogP contribution in [0.5, 0.6) is 0 Å². The van der Waals surface area contributed by atoms with Crippen LogP contribution in [-0.4, -0.2) is 51.7 Å². The normalized spacial score (nSPS) is 14.7. The molecule has 1 rings (SSSR count). The summed E-state index contributed by atoms with van der Waals surface area (Å²) in [4.78, 5) is 62.3. The highest BCUT2D eigenvalue weighted by molar-refractivity contribution is 14.1. The fourth-order valence-corrected chi connectivity index (χ4v) is 2.86. The Bertz CT molecular complexity index is 568. The quantitative estimate of drug-likeness (QED) is 0.168. The topological polar surface area (TPSA) is 122 Å². The lowest BCUT2D eigenvalue weighted by molar-refractivity contribution is -0.197. The molecule has 1 aliphatic rings. The van der Waals surface area contributed by atoms with Gasteiger partial charge in [0.05, 0.1) is 4.43 Å². The molecule has 158 valence electrons. The second-order valence-electron chi connectivity index (χ2n) is 6.55. The van der Waals surface area contributed by atoms with Crippen LogP contribution in [0.1, 0.15) is 64.7 Å². The van der Waals surface area contributed by atoms with Gasteiger partial charge in [0.25, 0.3) is 11.8 Å². The molecule has 1 unspecified atom stereocenters. The molecular weight excluding hydrogens is 481 g/mol. The number of amides is 4. The Morgan fingerprint density at radius 3 is 2.36 bits per heavy atom. The second-order valence-corrected chi connectivity index (χ2v) is 7.31. The van der Waals surface area contributed by atoms with E-state index >= 15 is 0 Å². The lowest BCUT2D eigenvalue weighted by Gasteiger charge is -2.16. The van der Waals surface area contributed by atoms with Gasteiger partial charge < -0.3 is 15.5 Å². The highest BCUT2D eigenvalue weighted by Gasteiger charge is 2.32. The zero-order chi connectivity index (χ0) is 20.9. The van der Waals surface area contributed by atoms with E-state index in [-0.39, 0.29) is 37.1 Å². The van der Waals surface area contributed by atoms with Gasteiger partial charge in [0.2, 0.25) is 11.8 Å². The first-order valence-corrected chi connectivity index (χ1v) is 11.1. The van der Waals surface area contributed by atoms with Crippen LogP contribution in [0.25, 0.3) is 0 Å². The van der Waals surface area contributed by atoms with Crippen molar-refractivity contribution in [3.8, 4) is 0 Å². The smallest absolute Gasteiger partial charge is 0.333 e. The van der Waals surface area contributed by atoms with Gasteiger partial charge in [-0.05, 0) is 25.7 Å². The van der Waals surface area contributed by atoms with E-state index in [0.29, 0.717) is 48.1 Å². The number of alkyl halides is 1.